The fourth-order valence-electron chi connectivity index (χ4n) is 0. The Morgan fingerprint density at radius 3 is 0.409 bits per heavy atom. The van der Waals surface area contributed by atoms with E-state index < -0.39 is 41.2 Å². The Balaban J connectivity index is -0.0000000376. The van der Waals surface area contributed by atoms with E-state index in [1.807, 2.05) is 0 Å². The molecule has 0 spiro atoms. The summed E-state index contributed by atoms with van der Waals surface area (Å²) in [5.74, 6) is 0. The van der Waals surface area contributed by atoms with Crippen LogP contribution in [0, 0.1) is 0 Å². The van der Waals surface area contributed by atoms with Crippen molar-refractivity contribution in [3.05, 3.63) is 0 Å². The SMILES string of the molecule is NS(=O)(=O)[O-].NS(=O)(=O)[O-].NS(=O)(=O)[O-].NS(=O)(=O)[O-].[Ca+2].[Ca+2]. The molecule has 22 heteroatoms. The van der Waals surface area contributed by atoms with Crippen LogP contribution in [0.1, 0.15) is 0 Å². The van der Waals surface area contributed by atoms with Crippen molar-refractivity contribution in [2.45, 2.75) is 0 Å². The zero-order valence-electron chi connectivity index (χ0n) is 10.3. The van der Waals surface area contributed by atoms with Crippen LogP contribution in [0.2, 0.25) is 0 Å². The maximum absolute atomic E-state index is 8.85. The molecule has 0 saturated carbocycles. The van der Waals surface area contributed by atoms with Gasteiger partial charge in [0.25, 0.3) is 0 Å². The Bertz CT molecular complexity index is 490. The molecule has 0 aromatic carbocycles. The smallest absolute Gasteiger partial charge is 0.736 e. The van der Waals surface area contributed by atoms with E-state index in [2.05, 4.69) is 20.6 Å². The minimum Gasteiger partial charge on any atom is -0.736 e. The Kier molecular flexibility index (Phi) is 29.3. The summed E-state index contributed by atoms with van der Waals surface area (Å²) in [4.78, 5) is 0. The van der Waals surface area contributed by atoms with Crippen LogP contribution in [-0.2, 0) is 41.2 Å². The van der Waals surface area contributed by atoms with Crippen molar-refractivity contribution in [3.63, 3.8) is 0 Å². The molecule has 0 radical (unpaired) electrons. The molecule has 0 aliphatic carbocycles. The van der Waals surface area contributed by atoms with Gasteiger partial charge >= 0.3 is 75.5 Å². The quantitative estimate of drug-likeness (QED) is 0.192. The van der Waals surface area contributed by atoms with Crippen LogP contribution in [-0.4, -0.2) is 127 Å². The largest absolute Gasteiger partial charge is 2.00 e. The third kappa shape index (κ3) is 2430. The van der Waals surface area contributed by atoms with E-state index in [-0.39, 0.29) is 75.5 Å². The summed E-state index contributed by atoms with van der Waals surface area (Å²) in [6.07, 6.45) is 0. The number of rotatable bonds is 0. The zero-order chi connectivity index (χ0) is 18.0. The van der Waals surface area contributed by atoms with Gasteiger partial charge < -0.3 is 18.2 Å². The van der Waals surface area contributed by atoms with Gasteiger partial charge in [0.2, 0.25) is 0 Å². The Hall–Kier alpha value is 2.00. The van der Waals surface area contributed by atoms with E-state index in [9.17, 15) is 0 Å². The molecule has 0 saturated heterocycles. The first-order valence-electron chi connectivity index (χ1n) is 2.94. The van der Waals surface area contributed by atoms with E-state index in [0.29, 0.717) is 0 Å². The summed E-state index contributed by atoms with van der Waals surface area (Å²) in [6, 6.07) is 0. The van der Waals surface area contributed by atoms with Crippen molar-refractivity contribution in [1.82, 2.24) is 0 Å². The van der Waals surface area contributed by atoms with Crippen LogP contribution >= 0.6 is 0 Å². The second kappa shape index (κ2) is 16.5. The van der Waals surface area contributed by atoms with Crippen LogP contribution in [0.25, 0.3) is 0 Å². The van der Waals surface area contributed by atoms with Crippen LogP contribution < -0.4 is 20.6 Å². The van der Waals surface area contributed by atoms with Gasteiger partial charge in [0.1, 0.15) is 0 Å². The van der Waals surface area contributed by atoms with Crippen molar-refractivity contribution >= 4 is 117 Å². The number of hydrogen-bond donors (Lipinski definition) is 4. The predicted octanol–water partition coefficient (Wildman–Crippen LogP) is -7.14. The third-order valence-electron chi connectivity index (χ3n) is 0. The molecule has 22 heavy (non-hydrogen) atoms. The second-order valence-electron chi connectivity index (χ2n) is 1.97. The molecule has 0 aromatic heterocycles. The molecule has 0 unspecified atom stereocenters. The first kappa shape index (κ1) is 39.2. The van der Waals surface area contributed by atoms with Gasteiger partial charge in [-0.2, -0.15) is 0 Å². The number of nitrogens with two attached hydrogens (primary N) is 4. The zero-order valence-corrected chi connectivity index (χ0v) is 17.9. The van der Waals surface area contributed by atoms with Crippen molar-refractivity contribution < 1.29 is 51.9 Å². The minimum absolute atomic E-state index is 0. The molecule has 0 amide bonds. The van der Waals surface area contributed by atoms with E-state index in [4.69, 9.17) is 51.9 Å². The minimum atomic E-state index is -4.42. The molecule has 8 N–H and O–H groups in total. The molecular formula is H8Ca2N4O12S4. The van der Waals surface area contributed by atoms with E-state index in [1.54, 1.807) is 0 Å². The third-order valence-corrected chi connectivity index (χ3v) is 0. The molecule has 0 aliphatic heterocycles. The molecule has 0 rings (SSSR count). The van der Waals surface area contributed by atoms with Gasteiger partial charge in [0, 0.05) is 0 Å². The van der Waals surface area contributed by atoms with Gasteiger partial charge in [-0.1, -0.05) is 0 Å². The van der Waals surface area contributed by atoms with Crippen LogP contribution in [0.4, 0.5) is 0 Å². The van der Waals surface area contributed by atoms with Crippen molar-refractivity contribution in [1.29, 1.82) is 0 Å². The van der Waals surface area contributed by atoms with Gasteiger partial charge in [-0.05, 0) is 0 Å². The van der Waals surface area contributed by atoms with Crippen LogP contribution in [0.3, 0.4) is 0 Å². The fraction of sp³-hybridized carbons (Fsp3) is 0. The van der Waals surface area contributed by atoms with Crippen LogP contribution in [0.15, 0.2) is 0 Å². The summed E-state index contributed by atoms with van der Waals surface area (Å²) >= 11 is 0. The molecule has 0 atom stereocenters. The Labute approximate surface area is 186 Å². The van der Waals surface area contributed by atoms with Crippen molar-refractivity contribution in [2.24, 2.45) is 20.6 Å². The summed E-state index contributed by atoms with van der Waals surface area (Å²) in [5, 5.41) is 15.1. The predicted molar refractivity (Wildman–Crippen MR) is 67.0 cm³/mol. The van der Waals surface area contributed by atoms with Gasteiger partial charge in [-0.3, -0.25) is 0 Å². The molecule has 0 bridgehead atoms. The summed E-state index contributed by atoms with van der Waals surface area (Å²) in [7, 11) is -17.7. The molecule has 16 nitrogen and oxygen atoms in total. The number of hydrogen-bond acceptors (Lipinski definition) is 12. The van der Waals surface area contributed by atoms with Crippen molar-refractivity contribution in [3.8, 4) is 0 Å². The van der Waals surface area contributed by atoms with Gasteiger partial charge in [0.15, 0.2) is 41.2 Å². The van der Waals surface area contributed by atoms with Gasteiger partial charge in [0.05, 0.1) is 0 Å². The van der Waals surface area contributed by atoms with Crippen molar-refractivity contribution in [2.75, 3.05) is 0 Å². The molecule has 0 fully saturated rings. The van der Waals surface area contributed by atoms with Gasteiger partial charge in [-0.25, -0.2) is 54.2 Å². The standard InChI is InChI=1S/2Ca.4H3NO3S/c;;4*1-5(2,3)4/h;;4*(H3,1,2,3,4)/q2*+2;;;;/p-4. The van der Waals surface area contributed by atoms with E-state index >= 15 is 0 Å². The molecule has 0 aromatic rings. The Morgan fingerprint density at radius 2 is 0.409 bits per heavy atom. The molecular weight excluding hydrogens is 456 g/mol. The molecule has 0 heterocycles. The average molecular weight is 465 g/mol. The Morgan fingerprint density at radius 1 is 0.409 bits per heavy atom. The maximum Gasteiger partial charge on any atom is 2.00 e. The summed E-state index contributed by atoms with van der Waals surface area (Å²) in [6.45, 7) is 0. The monoisotopic (exact) mass is 464 g/mol. The molecule has 0 aliphatic rings. The van der Waals surface area contributed by atoms with E-state index in [1.165, 1.54) is 0 Å². The second-order valence-corrected chi connectivity index (χ2v) is 5.91. The van der Waals surface area contributed by atoms with Gasteiger partial charge in [-0.15, -0.1) is 0 Å². The summed E-state index contributed by atoms with van der Waals surface area (Å²) < 4.78 is 106. The van der Waals surface area contributed by atoms with Crippen LogP contribution in [0.5, 0.6) is 0 Å². The van der Waals surface area contributed by atoms with E-state index in [0.717, 1.165) is 0 Å². The average Bonchev–Trinajstić information content (AvgIpc) is 1.62. The molecule has 128 valence electrons. The normalized spacial score (nSPS) is 10.5. The first-order valence-corrected chi connectivity index (χ1v) is 8.83. The first-order chi connectivity index (χ1) is 8.00. The topological polar surface area (TPSA) is 333 Å². The summed E-state index contributed by atoms with van der Waals surface area (Å²) in [5.41, 5.74) is 0. The maximum atomic E-state index is 8.85. The fourth-order valence-corrected chi connectivity index (χ4v) is 0.